The Morgan fingerprint density at radius 1 is 1.12 bits per heavy atom. The molecule has 1 amide bonds. The molecule has 6 nitrogen and oxygen atoms in total. The molecule has 1 N–H and O–H groups in total. The van der Waals surface area contributed by atoms with Gasteiger partial charge < -0.3 is 14.8 Å². The van der Waals surface area contributed by atoms with Crippen LogP contribution in [0.25, 0.3) is 0 Å². The molecule has 0 heterocycles. The molecule has 33 heavy (non-hydrogen) atoms. The van der Waals surface area contributed by atoms with Crippen LogP contribution in [-0.2, 0) is 31.0 Å². The number of nitrogens with one attached hydrogen (secondary N) is 1. The molecule has 0 aromatic heterocycles. The summed E-state index contributed by atoms with van der Waals surface area (Å²) in [6.45, 7) is 7.60. The molecular formula is C25H27Cl2NO5. The number of carbonyl (C=O) groups is 3. The fraction of sp³-hybridized carbons (Fsp3) is 0.400. The van der Waals surface area contributed by atoms with Gasteiger partial charge in [-0.15, -0.1) is 0 Å². The molecule has 1 atom stereocenters. The van der Waals surface area contributed by atoms with Crippen LogP contribution in [0.4, 0.5) is 5.69 Å². The number of fused-ring (bicyclic) bond motifs is 1. The summed E-state index contributed by atoms with van der Waals surface area (Å²) in [4.78, 5) is 36.3. The topological polar surface area (TPSA) is 81.7 Å². The lowest BCUT2D eigenvalue weighted by molar-refractivity contribution is -0.152. The zero-order valence-corrected chi connectivity index (χ0v) is 20.7. The second kappa shape index (κ2) is 10.1. The Bertz CT molecular complexity index is 1090. The molecule has 176 valence electrons. The summed E-state index contributed by atoms with van der Waals surface area (Å²) in [6.07, 6.45) is 2.92. The molecule has 1 aliphatic carbocycles. The summed E-state index contributed by atoms with van der Waals surface area (Å²) in [5, 5.41) is 2.74. The SMILES string of the molecule is CCOC(=O)C(=O)Nc1cc(Cl)c(Oc2ccc(C)c3c2CCCC3(C)C(=O)CC)c(Cl)c1. The van der Waals surface area contributed by atoms with E-state index in [-0.39, 0.29) is 33.9 Å². The normalized spacial score (nSPS) is 17.2. The van der Waals surface area contributed by atoms with Crippen molar-refractivity contribution in [1.82, 2.24) is 0 Å². The van der Waals surface area contributed by atoms with Crippen LogP contribution < -0.4 is 10.1 Å². The first kappa shape index (κ1) is 25.1. The highest BCUT2D eigenvalue weighted by Crippen LogP contribution is 2.46. The molecule has 1 aliphatic rings. The maximum Gasteiger partial charge on any atom is 0.397 e. The summed E-state index contributed by atoms with van der Waals surface area (Å²) < 4.78 is 10.8. The molecule has 0 saturated carbocycles. The number of hydrogen-bond donors (Lipinski definition) is 1. The van der Waals surface area contributed by atoms with Crippen LogP contribution in [0.5, 0.6) is 11.5 Å². The minimum absolute atomic E-state index is 0.0876. The van der Waals surface area contributed by atoms with Gasteiger partial charge in [0.25, 0.3) is 0 Å². The maximum absolute atomic E-state index is 12.8. The van der Waals surface area contributed by atoms with Gasteiger partial charge >= 0.3 is 11.9 Å². The van der Waals surface area contributed by atoms with E-state index in [2.05, 4.69) is 10.1 Å². The summed E-state index contributed by atoms with van der Waals surface area (Å²) in [5.41, 5.74) is 2.74. The average molecular weight is 492 g/mol. The molecule has 0 radical (unpaired) electrons. The highest BCUT2D eigenvalue weighted by atomic mass is 35.5. The summed E-state index contributed by atoms with van der Waals surface area (Å²) in [6, 6.07) is 6.70. The van der Waals surface area contributed by atoms with E-state index in [4.69, 9.17) is 27.9 Å². The maximum atomic E-state index is 12.8. The number of esters is 1. The van der Waals surface area contributed by atoms with Crippen molar-refractivity contribution in [2.75, 3.05) is 11.9 Å². The van der Waals surface area contributed by atoms with Gasteiger partial charge in [0.2, 0.25) is 0 Å². The van der Waals surface area contributed by atoms with Crippen LogP contribution >= 0.6 is 23.2 Å². The number of hydrogen-bond acceptors (Lipinski definition) is 5. The van der Waals surface area contributed by atoms with Crippen molar-refractivity contribution in [3.63, 3.8) is 0 Å². The van der Waals surface area contributed by atoms with Crippen molar-refractivity contribution in [3.05, 3.63) is 51.0 Å². The standard InChI is InChI=1S/C25H27Cl2NO5/c1-5-20(29)25(4)11-7-8-16-19(10-9-14(3)21(16)25)33-22-17(26)12-15(13-18(22)27)28-23(30)24(31)32-6-2/h9-10,12-13H,5-8,11H2,1-4H3,(H,28,30). The lowest BCUT2D eigenvalue weighted by Gasteiger charge is -2.37. The quantitative estimate of drug-likeness (QED) is 0.385. The Kier molecular flexibility index (Phi) is 7.70. The molecule has 0 spiro atoms. The molecule has 0 aliphatic heterocycles. The number of amides is 1. The van der Waals surface area contributed by atoms with E-state index in [1.54, 1.807) is 6.92 Å². The van der Waals surface area contributed by atoms with Gasteiger partial charge in [0.15, 0.2) is 5.75 Å². The molecule has 1 unspecified atom stereocenters. The molecular weight excluding hydrogens is 465 g/mol. The predicted octanol–water partition coefficient (Wildman–Crippen LogP) is 6.17. The number of rotatable bonds is 6. The smallest absolute Gasteiger partial charge is 0.397 e. The van der Waals surface area contributed by atoms with E-state index in [9.17, 15) is 14.4 Å². The Morgan fingerprint density at radius 2 is 1.79 bits per heavy atom. The van der Waals surface area contributed by atoms with Gasteiger partial charge in [-0.1, -0.05) is 36.2 Å². The molecule has 2 aromatic rings. The Hall–Kier alpha value is -2.57. The van der Waals surface area contributed by atoms with Crippen LogP contribution in [0.15, 0.2) is 24.3 Å². The zero-order valence-electron chi connectivity index (χ0n) is 19.1. The Labute approximate surface area is 203 Å². The van der Waals surface area contributed by atoms with Crippen molar-refractivity contribution < 1.29 is 23.9 Å². The van der Waals surface area contributed by atoms with Crippen molar-refractivity contribution in [2.24, 2.45) is 0 Å². The minimum Gasteiger partial charge on any atom is -0.459 e. The van der Waals surface area contributed by atoms with Crippen LogP contribution in [0.2, 0.25) is 10.0 Å². The molecule has 0 fully saturated rings. The third-order valence-corrected chi connectivity index (χ3v) is 6.56. The van der Waals surface area contributed by atoms with E-state index in [0.717, 1.165) is 36.0 Å². The summed E-state index contributed by atoms with van der Waals surface area (Å²) in [7, 11) is 0. The van der Waals surface area contributed by atoms with Crippen LogP contribution in [0, 0.1) is 6.92 Å². The average Bonchev–Trinajstić information content (AvgIpc) is 2.77. The van der Waals surface area contributed by atoms with Crippen molar-refractivity contribution in [2.45, 2.75) is 58.8 Å². The van der Waals surface area contributed by atoms with Crippen molar-refractivity contribution >= 4 is 46.5 Å². The number of halogens is 2. The second-order valence-corrected chi connectivity index (χ2v) is 9.06. The van der Waals surface area contributed by atoms with Gasteiger partial charge in [-0.05, 0) is 74.9 Å². The highest BCUT2D eigenvalue weighted by Gasteiger charge is 2.40. The minimum atomic E-state index is -0.999. The number of ketones is 1. The Morgan fingerprint density at radius 3 is 2.39 bits per heavy atom. The van der Waals surface area contributed by atoms with Crippen molar-refractivity contribution in [3.8, 4) is 11.5 Å². The fourth-order valence-electron chi connectivity index (χ4n) is 4.49. The molecule has 0 bridgehead atoms. The van der Waals surface area contributed by atoms with E-state index in [1.165, 1.54) is 12.1 Å². The largest absolute Gasteiger partial charge is 0.459 e. The van der Waals surface area contributed by atoms with Gasteiger partial charge in [0, 0.05) is 12.1 Å². The number of Topliss-reactive ketones (excluding diaryl/α,β-unsaturated/α-hetero) is 1. The first-order chi connectivity index (χ1) is 15.6. The number of ether oxygens (including phenoxy) is 2. The summed E-state index contributed by atoms with van der Waals surface area (Å²) in [5.74, 6) is -0.891. The molecule has 2 aromatic carbocycles. The lowest BCUT2D eigenvalue weighted by Crippen LogP contribution is -2.36. The number of aryl methyl sites for hydroxylation is 1. The third kappa shape index (κ3) is 5.02. The van der Waals surface area contributed by atoms with E-state index < -0.39 is 17.3 Å². The first-order valence-corrected chi connectivity index (χ1v) is 11.7. The number of anilines is 1. The fourth-order valence-corrected chi connectivity index (χ4v) is 5.05. The van der Waals surface area contributed by atoms with E-state index in [1.807, 2.05) is 32.9 Å². The monoisotopic (exact) mass is 491 g/mol. The van der Waals surface area contributed by atoms with Crippen molar-refractivity contribution in [1.29, 1.82) is 0 Å². The molecule has 0 saturated heterocycles. The van der Waals surface area contributed by atoms with Gasteiger partial charge in [0.05, 0.1) is 22.1 Å². The third-order valence-electron chi connectivity index (χ3n) is 6.00. The van der Waals surface area contributed by atoms with Gasteiger partial charge in [-0.25, -0.2) is 4.79 Å². The Balaban J connectivity index is 1.95. The van der Waals surface area contributed by atoms with Crippen LogP contribution in [0.3, 0.4) is 0 Å². The predicted molar refractivity (Wildman–Crippen MR) is 129 cm³/mol. The van der Waals surface area contributed by atoms with E-state index >= 15 is 0 Å². The van der Waals surface area contributed by atoms with Crippen LogP contribution in [0.1, 0.15) is 56.7 Å². The first-order valence-electron chi connectivity index (χ1n) is 10.9. The lowest BCUT2D eigenvalue weighted by atomic mass is 9.66. The van der Waals surface area contributed by atoms with E-state index in [0.29, 0.717) is 12.2 Å². The van der Waals surface area contributed by atoms with Gasteiger partial charge in [-0.3, -0.25) is 9.59 Å². The second-order valence-electron chi connectivity index (χ2n) is 8.24. The summed E-state index contributed by atoms with van der Waals surface area (Å²) >= 11 is 12.8. The number of benzene rings is 2. The van der Waals surface area contributed by atoms with Gasteiger partial charge in [-0.2, -0.15) is 0 Å². The van der Waals surface area contributed by atoms with Gasteiger partial charge in [0.1, 0.15) is 11.5 Å². The number of carbonyl (C=O) groups excluding carboxylic acids is 3. The molecule has 3 rings (SSSR count). The molecule has 8 heteroatoms. The zero-order chi connectivity index (χ0) is 24.3. The highest BCUT2D eigenvalue weighted by molar-refractivity contribution is 6.39. The van der Waals surface area contributed by atoms with Crippen LogP contribution in [-0.4, -0.2) is 24.3 Å².